The Morgan fingerprint density at radius 2 is 1.82 bits per heavy atom. The van der Waals surface area contributed by atoms with E-state index in [1.807, 2.05) is 18.2 Å². The molecule has 1 heteroatoms. The average Bonchev–Trinajstić information content (AvgIpc) is 2.25. The van der Waals surface area contributed by atoms with Crippen LogP contribution in [0.2, 0.25) is 5.02 Å². The fourth-order valence-corrected chi connectivity index (χ4v) is 2.42. The van der Waals surface area contributed by atoms with Crippen molar-refractivity contribution in [3.63, 3.8) is 0 Å². The first-order valence-electron chi connectivity index (χ1n) is 5.80. The molecule has 0 saturated carbocycles. The van der Waals surface area contributed by atoms with Crippen molar-refractivity contribution >= 4 is 11.6 Å². The van der Waals surface area contributed by atoms with E-state index < -0.39 is 0 Å². The first-order chi connectivity index (χ1) is 8.08. The van der Waals surface area contributed by atoms with Gasteiger partial charge in [-0.3, -0.25) is 0 Å². The van der Waals surface area contributed by atoms with E-state index in [4.69, 9.17) is 11.6 Å². The molecule has 1 radical (unpaired) electrons. The third-order valence-corrected chi connectivity index (χ3v) is 3.44. The zero-order valence-electron chi connectivity index (χ0n) is 10.5. The highest BCUT2D eigenvalue weighted by atomic mass is 35.5. The summed E-state index contributed by atoms with van der Waals surface area (Å²) in [6.45, 7) is 6.35. The number of halogens is 1. The Labute approximate surface area is 108 Å². The lowest BCUT2D eigenvalue weighted by Gasteiger charge is -2.12. The van der Waals surface area contributed by atoms with Crippen molar-refractivity contribution in [2.45, 2.75) is 27.2 Å². The molecular weight excluding hydrogens is 228 g/mol. The molecule has 2 rings (SSSR count). The summed E-state index contributed by atoms with van der Waals surface area (Å²) in [5, 5.41) is 0.840. The SMILES string of the molecule is Cc1[c]c(C)c(Cc2ccccc2Cl)c(C)c1. The van der Waals surface area contributed by atoms with Gasteiger partial charge in [-0.15, -0.1) is 0 Å². The molecule has 0 N–H and O–H groups in total. The van der Waals surface area contributed by atoms with Crippen molar-refractivity contribution in [2.24, 2.45) is 0 Å². The number of rotatable bonds is 2. The van der Waals surface area contributed by atoms with Gasteiger partial charge in [-0.05, 0) is 67.1 Å². The minimum absolute atomic E-state index is 0.840. The zero-order chi connectivity index (χ0) is 12.4. The molecule has 0 amide bonds. The summed E-state index contributed by atoms with van der Waals surface area (Å²) >= 11 is 6.20. The zero-order valence-corrected chi connectivity index (χ0v) is 11.2. The standard InChI is InChI=1S/C16H16Cl/c1-11-8-12(2)15(13(3)9-11)10-14-6-4-5-7-16(14)17/h4-8H,10H2,1-3H3. The van der Waals surface area contributed by atoms with Gasteiger partial charge in [0, 0.05) is 5.02 Å². The second kappa shape index (κ2) is 4.93. The van der Waals surface area contributed by atoms with E-state index in [1.165, 1.54) is 27.8 Å². The van der Waals surface area contributed by atoms with Crippen molar-refractivity contribution in [1.82, 2.24) is 0 Å². The Morgan fingerprint density at radius 1 is 1.12 bits per heavy atom. The van der Waals surface area contributed by atoms with Crippen LogP contribution in [0.3, 0.4) is 0 Å². The van der Waals surface area contributed by atoms with Gasteiger partial charge < -0.3 is 0 Å². The lowest BCUT2D eigenvalue weighted by molar-refractivity contribution is 1.11. The fraction of sp³-hybridized carbons (Fsp3) is 0.250. The van der Waals surface area contributed by atoms with Crippen LogP contribution >= 0.6 is 11.6 Å². The molecule has 0 aromatic heterocycles. The summed E-state index contributed by atoms with van der Waals surface area (Å²) in [5.74, 6) is 0. The average molecular weight is 244 g/mol. The number of hydrogen-bond acceptors (Lipinski definition) is 0. The minimum atomic E-state index is 0.840. The van der Waals surface area contributed by atoms with Crippen molar-refractivity contribution < 1.29 is 0 Å². The maximum Gasteiger partial charge on any atom is 0.0441 e. The molecule has 17 heavy (non-hydrogen) atoms. The Morgan fingerprint density at radius 3 is 2.47 bits per heavy atom. The maximum atomic E-state index is 6.20. The van der Waals surface area contributed by atoms with Gasteiger partial charge in [0.15, 0.2) is 0 Å². The summed E-state index contributed by atoms with van der Waals surface area (Å²) in [6, 6.07) is 13.6. The summed E-state index contributed by atoms with van der Waals surface area (Å²) in [7, 11) is 0. The molecule has 0 saturated heterocycles. The quantitative estimate of drug-likeness (QED) is 0.720. The minimum Gasteiger partial charge on any atom is -0.0840 e. The van der Waals surface area contributed by atoms with Crippen LogP contribution in [0.4, 0.5) is 0 Å². The first-order valence-corrected chi connectivity index (χ1v) is 6.18. The van der Waals surface area contributed by atoms with Gasteiger partial charge in [0.1, 0.15) is 0 Å². The third-order valence-electron chi connectivity index (χ3n) is 3.07. The van der Waals surface area contributed by atoms with E-state index in [-0.39, 0.29) is 0 Å². The highest BCUT2D eigenvalue weighted by molar-refractivity contribution is 6.31. The molecule has 87 valence electrons. The molecule has 0 bridgehead atoms. The topological polar surface area (TPSA) is 0 Å². The van der Waals surface area contributed by atoms with Gasteiger partial charge in [-0.2, -0.15) is 0 Å². The Hall–Kier alpha value is -1.27. The molecule has 0 unspecified atom stereocenters. The Kier molecular flexibility index (Phi) is 3.54. The highest BCUT2D eigenvalue weighted by Gasteiger charge is 2.07. The van der Waals surface area contributed by atoms with Crippen molar-refractivity contribution in [3.8, 4) is 0 Å². The molecule has 0 aliphatic carbocycles. The highest BCUT2D eigenvalue weighted by Crippen LogP contribution is 2.23. The van der Waals surface area contributed by atoms with Crippen molar-refractivity contribution in [3.05, 3.63) is 69.2 Å². The van der Waals surface area contributed by atoms with Gasteiger partial charge >= 0.3 is 0 Å². The van der Waals surface area contributed by atoms with E-state index in [0.29, 0.717) is 0 Å². The predicted octanol–water partition coefficient (Wildman–Crippen LogP) is 4.66. The molecule has 0 spiro atoms. The summed E-state index contributed by atoms with van der Waals surface area (Å²) < 4.78 is 0. The molecule has 0 nitrogen and oxygen atoms in total. The molecular formula is C16H16Cl. The van der Waals surface area contributed by atoms with Crippen molar-refractivity contribution in [1.29, 1.82) is 0 Å². The lowest BCUT2D eigenvalue weighted by Crippen LogP contribution is -1.97. The fourth-order valence-electron chi connectivity index (χ4n) is 2.22. The normalized spacial score (nSPS) is 10.6. The van der Waals surface area contributed by atoms with E-state index in [0.717, 1.165) is 11.4 Å². The molecule has 2 aromatic carbocycles. The lowest BCUT2D eigenvalue weighted by atomic mass is 9.94. The third kappa shape index (κ3) is 2.70. The van der Waals surface area contributed by atoms with Crippen LogP contribution in [0.15, 0.2) is 30.3 Å². The van der Waals surface area contributed by atoms with Crippen LogP contribution in [0.25, 0.3) is 0 Å². The summed E-state index contributed by atoms with van der Waals surface area (Å²) in [4.78, 5) is 0. The molecule has 2 aromatic rings. The smallest absolute Gasteiger partial charge is 0.0441 e. The molecule has 0 aliphatic heterocycles. The molecule has 0 heterocycles. The molecule has 0 aliphatic rings. The summed E-state index contributed by atoms with van der Waals surface area (Å²) in [6.07, 6.45) is 0.883. The van der Waals surface area contributed by atoms with Gasteiger partial charge in [0.2, 0.25) is 0 Å². The van der Waals surface area contributed by atoms with Crippen LogP contribution in [-0.4, -0.2) is 0 Å². The van der Waals surface area contributed by atoms with Gasteiger partial charge in [-0.1, -0.05) is 35.9 Å². The Balaban J connectivity index is 2.40. The predicted molar refractivity (Wildman–Crippen MR) is 73.7 cm³/mol. The van der Waals surface area contributed by atoms with Crippen LogP contribution in [0, 0.1) is 26.8 Å². The van der Waals surface area contributed by atoms with Gasteiger partial charge in [0.05, 0.1) is 0 Å². The first kappa shape index (κ1) is 12.2. The van der Waals surface area contributed by atoms with Crippen molar-refractivity contribution in [2.75, 3.05) is 0 Å². The van der Waals surface area contributed by atoms with Crippen LogP contribution in [-0.2, 0) is 6.42 Å². The van der Waals surface area contributed by atoms with E-state index in [9.17, 15) is 0 Å². The Bertz CT molecular complexity index is 518. The van der Waals surface area contributed by atoms with Crippen LogP contribution < -0.4 is 0 Å². The maximum absolute atomic E-state index is 6.20. The monoisotopic (exact) mass is 243 g/mol. The van der Waals surface area contributed by atoms with E-state index in [2.05, 4.69) is 39.0 Å². The number of benzene rings is 2. The summed E-state index contributed by atoms with van der Waals surface area (Å²) in [5.41, 5.74) is 6.25. The van der Waals surface area contributed by atoms with Crippen LogP contribution in [0.5, 0.6) is 0 Å². The number of aryl methyl sites for hydroxylation is 3. The van der Waals surface area contributed by atoms with E-state index in [1.54, 1.807) is 0 Å². The second-order valence-corrected chi connectivity index (χ2v) is 4.91. The van der Waals surface area contributed by atoms with Gasteiger partial charge in [-0.25, -0.2) is 0 Å². The van der Waals surface area contributed by atoms with Gasteiger partial charge in [0.25, 0.3) is 0 Å². The van der Waals surface area contributed by atoms with Crippen LogP contribution in [0.1, 0.15) is 27.8 Å². The largest absolute Gasteiger partial charge is 0.0840 e. The molecule has 0 fully saturated rings. The van der Waals surface area contributed by atoms with E-state index >= 15 is 0 Å². The number of hydrogen-bond donors (Lipinski definition) is 0. The molecule has 0 atom stereocenters. The second-order valence-electron chi connectivity index (χ2n) is 4.51.